The molecule has 0 saturated heterocycles. The highest BCUT2D eigenvalue weighted by Crippen LogP contribution is 2.19. The number of aliphatic hydroxyl groups excluding tert-OH is 1. The first-order valence-electron chi connectivity index (χ1n) is 13.4. The molecule has 2 aromatic carbocycles. The predicted octanol–water partition coefficient (Wildman–Crippen LogP) is -0.517. The van der Waals surface area contributed by atoms with Gasteiger partial charge in [-0.05, 0) is 29.3 Å². The first kappa shape index (κ1) is 30.7. The molecule has 0 radical (unpaired) electrons. The maximum Gasteiger partial charge on any atom is 0.326 e. The number of fused-ring (bicyclic) bond motifs is 1. The van der Waals surface area contributed by atoms with Gasteiger partial charge in [-0.2, -0.15) is 0 Å². The van der Waals surface area contributed by atoms with Gasteiger partial charge in [-0.3, -0.25) is 14.4 Å². The lowest BCUT2D eigenvalue weighted by Gasteiger charge is -2.24. The molecule has 0 aliphatic rings. The van der Waals surface area contributed by atoms with Crippen molar-refractivity contribution in [3.63, 3.8) is 0 Å². The second-order valence-corrected chi connectivity index (χ2v) is 10.0. The van der Waals surface area contributed by atoms with Crippen LogP contribution in [0.2, 0.25) is 0 Å². The second kappa shape index (κ2) is 14.1. The number of phenolic OH excluding ortho intramolecular Hbond substituents is 1. The molecule has 0 fully saturated rings. The number of amides is 3. The number of carbonyl (C=O) groups excluding carboxylic acids is 3. The van der Waals surface area contributed by atoms with Crippen molar-refractivity contribution in [1.82, 2.24) is 30.9 Å². The molecular formula is C29H33N7O7. The van der Waals surface area contributed by atoms with Crippen molar-refractivity contribution in [3.8, 4) is 5.75 Å². The number of nitrogens with zero attached hydrogens (tertiary/aromatic N) is 1. The van der Waals surface area contributed by atoms with Crippen LogP contribution in [0.3, 0.4) is 0 Å². The molecule has 2 heterocycles. The lowest BCUT2D eigenvalue weighted by molar-refractivity contribution is -0.142. The van der Waals surface area contributed by atoms with Gasteiger partial charge in [0.2, 0.25) is 17.7 Å². The number of H-pyrrole nitrogens is 2. The minimum Gasteiger partial charge on any atom is -0.508 e. The molecule has 0 spiro atoms. The smallest absolute Gasteiger partial charge is 0.326 e. The third kappa shape index (κ3) is 8.18. The standard InChI is InChI=1S/C29H33N7O7/c30-21(11-18-13-31-15-33-18)26(39)34-23(9-16-5-7-19(38)8-6-16)27(40)36-25(14-37)28(41)35-24(29(42)43)10-17-12-32-22-4-2-1-3-20(17)22/h1-8,12-13,15,21,23-25,32,37-38H,9-11,14,30H2,(H,31,33)(H,34,39)(H,35,41)(H,36,40)(H,42,43). The second-order valence-electron chi connectivity index (χ2n) is 10.0. The zero-order chi connectivity index (χ0) is 30.9. The molecule has 226 valence electrons. The Bertz CT molecular complexity index is 1550. The number of imidazole rings is 1. The predicted molar refractivity (Wildman–Crippen MR) is 155 cm³/mol. The Labute approximate surface area is 245 Å². The molecule has 4 rings (SSSR count). The van der Waals surface area contributed by atoms with Crippen molar-refractivity contribution in [2.45, 2.75) is 43.4 Å². The van der Waals surface area contributed by atoms with E-state index in [0.29, 0.717) is 16.8 Å². The van der Waals surface area contributed by atoms with Crippen LogP contribution in [0.5, 0.6) is 5.75 Å². The Morgan fingerprint density at radius 3 is 2.19 bits per heavy atom. The number of phenols is 1. The zero-order valence-electron chi connectivity index (χ0n) is 23.0. The number of para-hydroxylation sites is 1. The number of carboxylic acids is 1. The topological polar surface area (TPSA) is 236 Å². The summed E-state index contributed by atoms with van der Waals surface area (Å²) in [5.74, 6) is -3.68. The summed E-state index contributed by atoms with van der Waals surface area (Å²) < 4.78 is 0. The maximum atomic E-state index is 13.3. The molecule has 0 aliphatic heterocycles. The summed E-state index contributed by atoms with van der Waals surface area (Å²) in [6.45, 7) is -0.837. The van der Waals surface area contributed by atoms with E-state index < -0.39 is 54.5 Å². The summed E-state index contributed by atoms with van der Waals surface area (Å²) in [5, 5.41) is 37.5. The summed E-state index contributed by atoms with van der Waals surface area (Å²) in [5.41, 5.74) is 8.69. The van der Waals surface area contributed by atoms with E-state index in [1.807, 2.05) is 24.3 Å². The van der Waals surface area contributed by atoms with E-state index in [0.717, 1.165) is 10.9 Å². The lowest BCUT2D eigenvalue weighted by Crippen LogP contribution is -2.58. The molecule has 0 aliphatic carbocycles. The fourth-order valence-corrected chi connectivity index (χ4v) is 4.54. The van der Waals surface area contributed by atoms with Crippen molar-refractivity contribution < 1.29 is 34.5 Å². The number of aliphatic hydroxyl groups is 1. The number of hydrogen-bond acceptors (Lipinski definition) is 8. The number of hydrogen-bond donors (Lipinski definition) is 9. The number of aromatic amines is 2. The average molecular weight is 592 g/mol. The Morgan fingerprint density at radius 1 is 0.837 bits per heavy atom. The van der Waals surface area contributed by atoms with Crippen molar-refractivity contribution in [1.29, 1.82) is 0 Å². The van der Waals surface area contributed by atoms with Crippen molar-refractivity contribution in [2.75, 3.05) is 6.61 Å². The number of aromatic hydroxyl groups is 1. The number of carbonyl (C=O) groups is 4. The van der Waals surface area contributed by atoms with Crippen LogP contribution in [0, 0.1) is 0 Å². The zero-order valence-corrected chi connectivity index (χ0v) is 23.0. The number of nitrogens with two attached hydrogens (primary N) is 1. The van der Waals surface area contributed by atoms with Crippen LogP contribution >= 0.6 is 0 Å². The molecule has 4 unspecified atom stereocenters. The van der Waals surface area contributed by atoms with Gasteiger partial charge < -0.3 is 47.0 Å². The van der Waals surface area contributed by atoms with E-state index in [-0.39, 0.29) is 25.0 Å². The molecule has 0 bridgehead atoms. The van der Waals surface area contributed by atoms with Gasteiger partial charge in [0.1, 0.15) is 23.9 Å². The highest BCUT2D eigenvalue weighted by Gasteiger charge is 2.31. The van der Waals surface area contributed by atoms with Crippen LogP contribution in [-0.2, 0) is 38.4 Å². The summed E-state index contributed by atoms with van der Waals surface area (Å²) in [4.78, 5) is 61.1. The molecule has 3 amide bonds. The summed E-state index contributed by atoms with van der Waals surface area (Å²) in [6.07, 6.45) is 4.65. The van der Waals surface area contributed by atoms with Gasteiger partial charge in [-0.15, -0.1) is 0 Å². The number of aromatic nitrogens is 3. The quantitative estimate of drug-likeness (QED) is 0.0916. The minimum atomic E-state index is -1.52. The Hall–Kier alpha value is -5.21. The van der Waals surface area contributed by atoms with E-state index >= 15 is 0 Å². The molecule has 4 atom stereocenters. The first-order chi connectivity index (χ1) is 20.6. The fourth-order valence-electron chi connectivity index (χ4n) is 4.54. The van der Waals surface area contributed by atoms with Gasteiger partial charge in [0.25, 0.3) is 0 Å². The number of rotatable bonds is 14. The van der Waals surface area contributed by atoms with Crippen LogP contribution in [0.25, 0.3) is 10.9 Å². The SMILES string of the molecule is NC(Cc1cnc[nH]1)C(=O)NC(Cc1ccc(O)cc1)C(=O)NC(CO)C(=O)NC(Cc1c[nH]c2ccccc12)C(=O)O. The Balaban J connectivity index is 1.45. The van der Waals surface area contributed by atoms with Crippen LogP contribution in [0.4, 0.5) is 0 Å². The van der Waals surface area contributed by atoms with Crippen LogP contribution < -0.4 is 21.7 Å². The van der Waals surface area contributed by atoms with E-state index in [1.54, 1.807) is 18.3 Å². The van der Waals surface area contributed by atoms with Crippen LogP contribution in [0.15, 0.2) is 67.3 Å². The molecule has 0 saturated carbocycles. The van der Waals surface area contributed by atoms with Crippen LogP contribution in [0.1, 0.15) is 16.8 Å². The average Bonchev–Trinajstić information content (AvgIpc) is 3.66. The van der Waals surface area contributed by atoms with Crippen LogP contribution in [-0.4, -0.2) is 84.7 Å². The normalized spacial score (nSPS) is 13.9. The maximum absolute atomic E-state index is 13.3. The molecular weight excluding hydrogens is 558 g/mol. The third-order valence-corrected chi connectivity index (χ3v) is 6.87. The number of carboxylic acid groups (broad SMARTS) is 1. The van der Waals surface area contributed by atoms with Gasteiger partial charge in [0.05, 0.1) is 19.0 Å². The van der Waals surface area contributed by atoms with Crippen molar-refractivity contribution in [2.24, 2.45) is 5.73 Å². The lowest BCUT2D eigenvalue weighted by atomic mass is 10.0. The Kier molecular flexibility index (Phi) is 10.1. The van der Waals surface area contributed by atoms with E-state index in [9.17, 15) is 34.5 Å². The molecule has 14 heteroatoms. The van der Waals surface area contributed by atoms with Crippen molar-refractivity contribution in [3.05, 3.63) is 84.1 Å². The summed E-state index contributed by atoms with van der Waals surface area (Å²) >= 11 is 0. The molecule has 14 nitrogen and oxygen atoms in total. The first-order valence-corrected chi connectivity index (χ1v) is 13.4. The monoisotopic (exact) mass is 591 g/mol. The number of aliphatic carboxylic acids is 1. The van der Waals surface area contributed by atoms with Gasteiger partial charge in [-0.25, -0.2) is 9.78 Å². The van der Waals surface area contributed by atoms with Gasteiger partial charge in [-0.1, -0.05) is 30.3 Å². The van der Waals surface area contributed by atoms with E-state index in [1.165, 1.54) is 24.7 Å². The van der Waals surface area contributed by atoms with Gasteiger partial charge >= 0.3 is 5.97 Å². The van der Waals surface area contributed by atoms with Gasteiger partial charge in [0.15, 0.2) is 0 Å². The number of nitrogens with one attached hydrogen (secondary N) is 5. The van der Waals surface area contributed by atoms with E-state index in [4.69, 9.17) is 5.73 Å². The fraction of sp³-hybridized carbons (Fsp3) is 0.276. The largest absolute Gasteiger partial charge is 0.508 e. The number of benzene rings is 2. The highest BCUT2D eigenvalue weighted by molar-refractivity contribution is 5.94. The molecule has 4 aromatic rings. The highest BCUT2D eigenvalue weighted by atomic mass is 16.4. The van der Waals surface area contributed by atoms with Crippen molar-refractivity contribution >= 4 is 34.6 Å². The third-order valence-electron chi connectivity index (χ3n) is 6.87. The van der Waals surface area contributed by atoms with Gasteiger partial charge in [0, 0.05) is 48.3 Å². The van der Waals surface area contributed by atoms with E-state index in [2.05, 4.69) is 30.9 Å². The Morgan fingerprint density at radius 2 is 1.51 bits per heavy atom. The molecule has 2 aromatic heterocycles. The minimum absolute atomic E-state index is 0.00741. The summed E-state index contributed by atoms with van der Waals surface area (Å²) in [6, 6.07) is 8.11. The summed E-state index contributed by atoms with van der Waals surface area (Å²) in [7, 11) is 0. The molecule has 43 heavy (non-hydrogen) atoms. The molecule has 10 N–H and O–H groups in total.